The minimum atomic E-state index is -4.61. The summed E-state index contributed by atoms with van der Waals surface area (Å²) in [6, 6.07) is 1.41. The smallest absolute Gasteiger partial charge is 0.418 e. The Morgan fingerprint density at radius 3 is 2.29 bits per heavy atom. The Morgan fingerprint density at radius 2 is 1.84 bits per heavy atom. The van der Waals surface area contributed by atoms with E-state index in [1.165, 1.54) is 6.92 Å². The van der Waals surface area contributed by atoms with Gasteiger partial charge in [0, 0.05) is 18.6 Å². The van der Waals surface area contributed by atoms with Crippen molar-refractivity contribution in [3.05, 3.63) is 28.8 Å². The van der Waals surface area contributed by atoms with Crippen molar-refractivity contribution in [3.8, 4) is 0 Å². The van der Waals surface area contributed by atoms with Crippen molar-refractivity contribution >= 4 is 17.7 Å². The third-order valence-corrected chi connectivity index (χ3v) is 5.64. The second kappa shape index (κ2) is 8.96. The number of hydrogen-bond acceptors (Lipinski definition) is 4. The number of alkyl halides is 3. The summed E-state index contributed by atoms with van der Waals surface area (Å²) in [5.41, 5.74) is -1.82. The molecule has 0 radical (unpaired) electrons. The summed E-state index contributed by atoms with van der Waals surface area (Å²) in [6.45, 7) is 10.9. The number of carbonyl (C=O) groups excluding carboxylic acids is 1. The van der Waals surface area contributed by atoms with Crippen molar-refractivity contribution in [1.82, 2.24) is 4.90 Å². The van der Waals surface area contributed by atoms with E-state index in [4.69, 9.17) is 4.74 Å². The van der Waals surface area contributed by atoms with E-state index in [9.17, 15) is 27.9 Å². The zero-order chi connectivity index (χ0) is 23.7. The van der Waals surface area contributed by atoms with Crippen LogP contribution in [0.4, 0.5) is 23.7 Å². The van der Waals surface area contributed by atoms with E-state index < -0.39 is 29.4 Å². The highest BCUT2D eigenvalue weighted by Gasteiger charge is 2.41. The molecule has 1 aromatic carbocycles. The maximum absolute atomic E-state index is 13.5. The Kier molecular flexibility index (Phi) is 7.17. The lowest BCUT2D eigenvalue weighted by atomic mass is 9.75. The molecule has 0 aliphatic heterocycles. The summed E-state index contributed by atoms with van der Waals surface area (Å²) in [6.07, 6.45) is -3.76. The lowest BCUT2D eigenvalue weighted by Crippen LogP contribution is -2.52. The van der Waals surface area contributed by atoms with Gasteiger partial charge in [-0.15, -0.1) is 0 Å². The highest BCUT2D eigenvalue weighted by atomic mass is 19.4. The Morgan fingerprint density at radius 1 is 1.26 bits per heavy atom. The maximum atomic E-state index is 13.5. The molecule has 0 bridgehead atoms. The maximum Gasteiger partial charge on any atom is 0.418 e. The first-order valence-corrected chi connectivity index (χ1v) is 10.4. The van der Waals surface area contributed by atoms with Crippen molar-refractivity contribution in [2.75, 3.05) is 11.9 Å². The fourth-order valence-corrected chi connectivity index (χ4v) is 3.86. The molecule has 1 fully saturated rings. The van der Waals surface area contributed by atoms with Crippen LogP contribution in [0.15, 0.2) is 12.1 Å². The SMILES string of the molecule is CCN(C(=O)OC(C)(C)C)C1CC([C@H](C)Nc2c(C(F)(F)F)ccc(C(=O)O)c2C)C1. The van der Waals surface area contributed by atoms with Crippen molar-refractivity contribution < 1.29 is 32.6 Å². The summed E-state index contributed by atoms with van der Waals surface area (Å²) in [5, 5.41) is 12.2. The van der Waals surface area contributed by atoms with E-state index in [0.29, 0.717) is 19.4 Å². The minimum absolute atomic E-state index is 0.0375. The molecule has 0 saturated heterocycles. The normalized spacial score (nSPS) is 19.9. The fraction of sp³-hybridized carbons (Fsp3) is 0.636. The lowest BCUT2D eigenvalue weighted by molar-refractivity contribution is -0.137. The number of halogens is 3. The van der Waals surface area contributed by atoms with E-state index in [-0.39, 0.29) is 34.8 Å². The predicted molar refractivity (Wildman–Crippen MR) is 111 cm³/mol. The van der Waals surface area contributed by atoms with E-state index in [2.05, 4.69) is 5.32 Å². The standard InChI is InChI=1S/C22H31F3N2O4/c1-7-27(20(30)31-21(4,5)6)15-10-14(11-15)13(3)26-18-12(2)16(19(28)29)8-9-17(18)22(23,24)25/h8-9,13-15,26H,7,10-11H2,1-6H3,(H,28,29)/t13-,14?,15?/m0/s1. The molecule has 1 atom stereocenters. The Balaban J connectivity index is 2.13. The van der Waals surface area contributed by atoms with Gasteiger partial charge in [-0.1, -0.05) is 0 Å². The van der Waals surface area contributed by atoms with Gasteiger partial charge >= 0.3 is 18.2 Å². The topological polar surface area (TPSA) is 78.9 Å². The molecule has 1 aliphatic carbocycles. The molecular formula is C22H31F3N2O4. The number of hydrogen-bond donors (Lipinski definition) is 2. The van der Waals surface area contributed by atoms with Crippen molar-refractivity contribution in [2.45, 2.75) is 78.2 Å². The summed E-state index contributed by atoms with van der Waals surface area (Å²) < 4.78 is 45.9. The molecule has 6 nitrogen and oxygen atoms in total. The monoisotopic (exact) mass is 444 g/mol. The number of aromatic carboxylic acids is 1. The predicted octanol–water partition coefficient (Wildman–Crippen LogP) is 5.55. The summed E-state index contributed by atoms with van der Waals surface area (Å²) in [5.74, 6) is -1.24. The molecule has 9 heteroatoms. The molecule has 31 heavy (non-hydrogen) atoms. The summed E-state index contributed by atoms with van der Waals surface area (Å²) in [7, 11) is 0. The van der Waals surface area contributed by atoms with Gasteiger partial charge < -0.3 is 20.1 Å². The lowest BCUT2D eigenvalue weighted by Gasteiger charge is -2.45. The quantitative estimate of drug-likeness (QED) is 0.602. The van der Waals surface area contributed by atoms with Gasteiger partial charge in [-0.2, -0.15) is 13.2 Å². The fourth-order valence-electron chi connectivity index (χ4n) is 3.86. The molecule has 0 spiro atoms. The first kappa shape index (κ1) is 24.8. The summed E-state index contributed by atoms with van der Waals surface area (Å²) in [4.78, 5) is 25.4. The van der Waals surface area contributed by atoms with E-state index in [1.807, 2.05) is 6.92 Å². The number of ether oxygens (including phenoxy) is 1. The molecule has 0 aromatic heterocycles. The van der Waals surface area contributed by atoms with Gasteiger partial charge in [-0.3, -0.25) is 0 Å². The highest BCUT2D eigenvalue weighted by Crippen LogP contribution is 2.41. The number of benzene rings is 1. The average Bonchev–Trinajstić information content (AvgIpc) is 2.55. The van der Waals surface area contributed by atoms with Crippen LogP contribution in [-0.4, -0.2) is 46.3 Å². The van der Waals surface area contributed by atoms with Crippen LogP contribution in [0, 0.1) is 12.8 Å². The van der Waals surface area contributed by atoms with Gasteiger partial charge in [0.05, 0.1) is 16.8 Å². The van der Waals surface area contributed by atoms with E-state index >= 15 is 0 Å². The Bertz CT molecular complexity index is 827. The second-order valence-electron chi connectivity index (χ2n) is 9.05. The van der Waals surface area contributed by atoms with Crippen molar-refractivity contribution in [1.29, 1.82) is 0 Å². The molecular weight excluding hydrogens is 413 g/mol. The molecule has 1 amide bonds. The van der Waals surface area contributed by atoms with Gasteiger partial charge in [0.25, 0.3) is 0 Å². The molecule has 1 aromatic rings. The van der Waals surface area contributed by atoms with Crippen LogP contribution in [0.5, 0.6) is 0 Å². The van der Waals surface area contributed by atoms with Gasteiger partial charge in [0.15, 0.2) is 0 Å². The van der Waals surface area contributed by atoms with Crippen molar-refractivity contribution in [3.63, 3.8) is 0 Å². The molecule has 1 saturated carbocycles. The molecule has 2 rings (SSSR count). The van der Waals surface area contributed by atoms with Crippen LogP contribution in [0.1, 0.15) is 68.9 Å². The molecule has 2 N–H and O–H groups in total. The van der Waals surface area contributed by atoms with Crippen LogP contribution >= 0.6 is 0 Å². The molecule has 0 unspecified atom stereocenters. The van der Waals surface area contributed by atoms with Crippen LogP contribution in [0.25, 0.3) is 0 Å². The number of rotatable bonds is 6. The third-order valence-electron chi connectivity index (χ3n) is 5.64. The molecule has 0 heterocycles. The van der Waals surface area contributed by atoms with Gasteiger partial charge in [0.2, 0.25) is 0 Å². The van der Waals surface area contributed by atoms with Crippen molar-refractivity contribution in [2.24, 2.45) is 5.92 Å². The highest BCUT2D eigenvalue weighted by molar-refractivity contribution is 5.91. The first-order chi connectivity index (χ1) is 14.2. The van der Waals surface area contributed by atoms with Crippen LogP contribution < -0.4 is 5.32 Å². The van der Waals surface area contributed by atoms with E-state index in [1.54, 1.807) is 32.6 Å². The first-order valence-electron chi connectivity index (χ1n) is 10.4. The number of anilines is 1. The van der Waals surface area contributed by atoms with E-state index in [0.717, 1.165) is 12.1 Å². The van der Waals surface area contributed by atoms with Crippen LogP contribution in [0.3, 0.4) is 0 Å². The van der Waals surface area contributed by atoms with Crippen LogP contribution in [-0.2, 0) is 10.9 Å². The number of nitrogens with one attached hydrogen (secondary N) is 1. The number of carbonyl (C=O) groups is 2. The molecule has 174 valence electrons. The zero-order valence-electron chi connectivity index (χ0n) is 18.8. The van der Waals surface area contributed by atoms with Gasteiger partial charge in [-0.05, 0) is 78.0 Å². The second-order valence-corrected chi connectivity index (χ2v) is 9.05. The van der Waals surface area contributed by atoms with Gasteiger partial charge in [0.1, 0.15) is 5.60 Å². The Hall–Kier alpha value is -2.45. The number of carboxylic acid groups (broad SMARTS) is 1. The number of amides is 1. The Labute approximate surface area is 180 Å². The minimum Gasteiger partial charge on any atom is -0.478 e. The average molecular weight is 444 g/mol. The molecule has 1 aliphatic rings. The van der Waals surface area contributed by atoms with Gasteiger partial charge in [-0.25, -0.2) is 9.59 Å². The number of carboxylic acids is 1. The summed E-state index contributed by atoms with van der Waals surface area (Å²) >= 11 is 0. The number of nitrogens with zero attached hydrogens (tertiary/aromatic N) is 1. The third kappa shape index (κ3) is 5.83. The van der Waals surface area contributed by atoms with Crippen LogP contribution in [0.2, 0.25) is 0 Å². The zero-order valence-corrected chi connectivity index (χ0v) is 18.8. The largest absolute Gasteiger partial charge is 0.478 e.